The average molecular weight is 213 g/mol. The summed E-state index contributed by atoms with van der Waals surface area (Å²) in [6.07, 6.45) is 5.51. The van der Waals surface area contributed by atoms with Crippen LogP contribution in [0.1, 0.15) is 24.0 Å². The van der Waals surface area contributed by atoms with Crippen LogP contribution in [0.2, 0.25) is 0 Å². The molecule has 0 amide bonds. The van der Waals surface area contributed by atoms with Crippen LogP contribution in [0.5, 0.6) is 0 Å². The molecule has 82 valence electrons. The molecule has 0 bridgehead atoms. The van der Waals surface area contributed by atoms with E-state index in [1.54, 1.807) is 6.08 Å². The number of carbonyl (C=O) groups excluding carboxylic acids is 1. The van der Waals surface area contributed by atoms with Gasteiger partial charge >= 0.3 is 0 Å². The first kappa shape index (κ1) is 9.64. The second kappa shape index (κ2) is 3.78. The standard InChI is InChI=1S/C14H15NO/c16-14-6-5-12(9-14)15-13-7-10-3-1-2-4-11(10)8-13/h1-4,9,13,15H,5-8H2. The summed E-state index contributed by atoms with van der Waals surface area (Å²) < 4.78 is 0. The largest absolute Gasteiger partial charge is 0.385 e. The molecule has 2 nitrogen and oxygen atoms in total. The van der Waals surface area contributed by atoms with Gasteiger partial charge in [0.1, 0.15) is 0 Å². The summed E-state index contributed by atoms with van der Waals surface area (Å²) in [5.74, 6) is 0.262. The number of carbonyl (C=O) groups is 1. The topological polar surface area (TPSA) is 29.1 Å². The lowest BCUT2D eigenvalue weighted by Crippen LogP contribution is -2.28. The number of allylic oxidation sites excluding steroid dienone is 2. The van der Waals surface area contributed by atoms with Crippen molar-refractivity contribution in [1.29, 1.82) is 0 Å². The Morgan fingerprint density at radius 2 is 1.75 bits per heavy atom. The quantitative estimate of drug-likeness (QED) is 0.814. The number of benzene rings is 1. The first-order valence-corrected chi connectivity index (χ1v) is 5.88. The summed E-state index contributed by atoms with van der Waals surface area (Å²) in [5.41, 5.74) is 4.03. The average Bonchev–Trinajstić information content (AvgIpc) is 2.84. The molecule has 0 atom stereocenters. The fraction of sp³-hybridized carbons (Fsp3) is 0.357. The van der Waals surface area contributed by atoms with Crippen molar-refractivity contribution in [3.8, 4) is 0 Å². The molecule has 0 spiro atoms. The third-order valence-corrected chi connectivity index (χ3v) is 3.42. The minimum Gasteiger partial charge on any atom is -0.385 e. The predicted molar refractivity (Wildman–Crippen MR) is 63.1 cm³/mol. The zero-order valence-electron chi connectivity index (χ0n) is 9.20. The highest BCUT2D eigenvalue weighted by molar-refractivity contribution is 5.92. The van der Waals surface area contributed by atoms with Gasteiger partial charge in [0.2, 0.25) is 0 Å². The zero-order chi connectivity index (χ0) is 11.0. The molecule has 0 fully saturated rings. The molecule has 0 unspecified atom stereocenters. The summed E-state index contributed by atoms with van der Waals surface area (Å²) in [6.45, 7) is 0. The molecule has 0 radical (unpaired) electrons. The lowest BCUT2D eigenvalue weighted by atomic mass is 10.1. The van der Waals surface area contributed by atoms with Gasteiger partial charge in [-0.25, -0.2) is 0 Å². The van der Waals surface area contributed by atoms with Crippen molar-refractivity contribution in [3.05, 3.63) is 47.2 Å². The van der Waals surface area contributed by atoms with E-state index in [0.29, 0.717) is 12.5 Å². The number of rotatable bonds is 2. The molecular formula is C14H15NO. The van der Waals surface area contributed by atoms with Crippen LogP contribution in [0.3, 0.4) is 0 Å². The Morgan fingerprint density at radius 3 is 2.31 bits per heavy atom. The Bertz CT molecular complexity index is 437. The van der Waals surface area contributed by atoms with Crippen LogP contribution < -0.4 is 5.32 Å². The summed E-state index contributed by atoms with van der Waals surface area (Å²) in [7, 11) is 0. The van der Waals surface area contributed by atoms with E-state index in [9.17, 15) is 4.79 Å². The molecule has 0 saturated carbocycles. The fourth-order valence-corrected chi connectivity index (χ4v) is 2.63. The second-order valence-electron chi connectivity index (χ2n) is 4.65. The van der Waals surface area contributed by atoms with Gasteiger partial charge in [-0.2, -0.15) is 0 Å². The van der Waals surface area contributed by atoms with Crippen molar-refractivity contribution in [2.45, 2.75) is 31.7 Å². The third-order valence-electron chi connectivity index (χ3n) is 3.42. The highest BCUT2D eigenvalue weighted by atomic mass is 16.1. The number of ketones is 1. The number of fused-ring (bicyclic) bond motifs is 1. The van der Waals surface area contributed by atoms with Crippen LogP contribution in [-0.2, 0) is 17.6 Å². The van der Waals surface area contributed by atoms with E-state index in [0.717, 1.165) is 25.0 Å². The van der Waals surface area contributed by atoms with E-state index < -0.39 is 0 Å². The normalized spacial score (nSPS) is 19.8. The van der Waals surface area contributed by atoms with Gasteiger partial charge in [0.05, 0.1) is 0 Å². The maximum Gasteiger partial charge on any atom is 0.157 e. The van der Waals surface area contributed by atoms with E-state index in [-0.39, 0.29) is 5.78 Å². The molecule has 2 aliphatic rings. The van der Waals surface area contributed by atoms with Gasteiger partial charge < -0.3 is 5.32 Å². The summed E-state index contributed by atoms with van der Waals surface area (Å²) in [4.78, 5) is 11.1. The molecule has 0 heterocycles. The van der Waals surface area contributed by atoms with Gasteiger partial charge in [-0.3, -0.25) is 4.79 Å². The van der Waals surface area contributed by atoms with Crippen molar-refractivity contribution in [1.82, 2.24) is 5.32 Å². The van der Waals surface area contributed by atoms with E-state index in [2.05, 4.69) is 29.6 Å². The van der Waals surface area contributed by atoms with Crippen LogP contribution in [0.15, 0.2) is 36.0 Å². The molecule has 1 aromatic rings. The SMILES string of the molecule is O=C1C=C(NC2Cc3ccccc3C2)CC1. The van der Waals surface area contributed by atoms with Gasteiger partial charge in [0, 0.05) is 24.2 Å². The molecule has 1 aromatic carbocycles. The van der Waals surface area contributed by atoms with Crippen molar-refractivity contribution >= 4 is 5.78 Å². The summed E-state index contributed by atoms with van der Waals surface area (Å²) in [5, 5.41) is 3.50. The highest BCUT2D eigenvalue weighted by Crippen LogP contribution is 2.23. The van der Waals surface area contributed by atoms with Gasteiger partial charge in [-0.05, 0) is 30.4 Å². The molecule has 3 rings (SSSR count). The predicted octanol–water partition coefficient (Wildman–Crippen LogP) is 1.99. The van der Waals surface area contributed by atoms with Crippen molar-refractivity contribution < 1.29 is 4.79 Å². The van der Waals surface area contributed by atoms with E-state index in [1.165, 1.54) is 11.1 Å². The lowest BCUT2D eigenvalue weighted by Gasteiger charge is -2.13. The molecule has 2 heteroatoms. The Hall–Kier alpha value is -1.57. The molecule has 16 heavy (non-hydrogen) atoms. The van der Waals surface area contributed by atoms with Crippen molar-refractivity contribution in [3.63, 3.8) is 0 Å². The molecule has 1 N–H and O–H groups in total. The minimum atomic E-state index is 0.262. The Labute approximate surface area is 95.4 Å². The monoisotopic (exact) mass is 213 g/mol. The molecule has 0 aromatic heterocycles. The number of hydrogen-bond acceptors (Lipinski definition) is 2. The van der Waals surface area contributed by atoms with Gasteiger partial charge in [0.25, 0.3) is 0 Å². The molecule has 2 aliphatic carbocycles. The zero-order valence-corrected chi connectivity index (χ0v) is 9.20. The number of hydrogen-bond donors (Lipinski definition) is 1. The maximum absolute atomic E-state index is 11.1. The van der Waals surface area contributed by atoms with Crippen molar-refractivity contribution in [2.24, 2.45) is 0 Å². The molecular weight excluding hydrogens is 198 g/mol. The van der Waals surface area contributed by atoms with Crippen LogP contribution in [-0.4, -0.2) is 11.8 Å². The lowest BCUT2D eigenvalue weighted by molar-refractivity contribution is -0.114. The van der Waals surface area contributed by atoms with Crippen LogP contribution >= 0.6 is 0 Å². The first-order valence-electron chi connectivity index (χ1n) is 5.88. The highest BCUT2D eigenvalue weighted by Gasteiger charge is 2.22. The van der Waals surface area contributed by atoms with Crippen LogP contribution in [0.4, 0.5) is 0 Å². The van der Waals surface area contributed by atoms with E-state index in [4.69, 9.17) is 0 Å². The van der Waals surface area contributed by atoms with Crippen LogP contribution in [0, 0.1) is 0 Å². The Kier molecular flexibility index (Phi) is 2.28. The maximum atomic E-state index is 11.1. The fourth-order valence-electron chi connectivity index (χ4n) is 2.63. The summed E-state index contributed by atoms with van der Waals surface area (Å²) >= 11 is 0. The Balaban J connectivity index is 1.68. The van der Waals surface area contributed by atoms with Gasteiger partial charge in [-0.15, -0.1) is 0 Å². The van der Waals surface area contributed by atoms with E-state index in [1.807, 2.05) is 0 Å². The van der Waals surface area contributed by atoms with Crippen LogP contribution in [0.25, 0.3) is 0 Å². The van der Waals surface area contributed by atoms with E-state index >= 15 is 0 Å². The van der Waals surface area contributed by atoms with Gasteiger partial charge in [-0.1, -0.05) is 24.3 Å². The number of nitrogens with one attached hydrogen (secondary N) is 1. The molecule has 0 saturated heterocycles. The Morgan fingerprint density at radius 1 is 1.06 bits per heavy atom. The minimum absolute atomic E-state index is 0.262. The summed E-state index contributed by atoms with van der Waals surface area (Å²) in [6, 6.07) is 9.07. The van der Waals surface area contributed by atoms with Gasteiger partial charge in [0.15, 0.2) is 5.78 Å². The van der Waals surface area contributed by atoms with Crippen molar-refractivity contribution in [2.75, 3.05) is 0 Å². The third kappa shape index (κ3) is 1.75. The first-order chi connectivity index (χ1) is 7.81. The second-order valence-corrected chi connectivity index (χ2v) is 4.65. The molecule has 0 aliphatic heterocycles. The smallest absolute Gasteiger partial charge is 0.157 e.